The quantitative estimate of drug-likeness (QED) is 0.647. The molecule has 1 atom stereocenters. The van der Waals surface area contributed by atoms with Gasteiger partial charge in [0.1, 0.15) is 6.17 Å². The molecule has 1 aliphatic heterocycles. The molecule has 1 aliphatic rings. The summed E-state index contributed by atoms with van der Waals surface area (Å²) in [5.74, 6) is 0. The highest BCUT2D eigenvalue weighted by molar-refractivity contribution is 5.98. The zero-order chi connectivity index (χ0) is 20.1. The van der Waals surface area contributed by atoms with Crippen molar-refractivity contribution in [1.29, 1.82) is 0 Å². The highest BCUT2D eigenvalue weighted by Crippen LogP contribution is 2.36. The molecular formula is C22H24N3+. The summed E-state index contributed by atoms with van der Waals surface area (Å²) < 4.78 is 25.6. The number of rotatable bonds is 2. The van der Waals surface area contributed by atoms with Crippen LogP contribution in [-0.2, 0) is 0 Å². The van der Waals surface area contributed by atoms with Crippen molar-refractivity contribution in [2.24, 2.45) is 0 Å². The van der Waals surface area contributed by atoms with Crippen LogP contribution in [0.15, 0.2) is 67.1 Å². The van der Waals surface area contributed by atoms with E-state index in [0.29, 0.717) is 0 Å². The maximum atomic E-state index is 7.81. The third-order valence-corrected chi connectivity index (χ3v) is 5.02. The van der Waals surface area contributed by atoms with Gasteiger partial charge in [-0.1, -0.05) is 30.3 Å². The van der Waals surface area contributed by atoms with E-state index in [1.54, 1.807) is 6.20 Å². The number of hydrogen-bond donors (Lipinski definition) is 0. The highest BCUT2D eigenvalue weighted by atomic mass is 15.4. The Morgan fingerprint density at radius 3 is 2.60 bits per heavy atom. The average molecular weight is 333 g/mol. The summed E-state index contributed by atoms with van der Waals surface area (Å²) in [4.78, 5) is 3.49. The number of fused-ring (bicyclic) bond motifs is 1. The third-order valence-electron chi connectivity index (χ3n) is 5.02. The fourth-order valence-corrected chi connectivity index (χ4v) is 3.59. The van der Waals surface area contributed by atoms with Gasteiger partial charge in [0.2, 0.25) is 5.69 Å². The lowest BCUT2D eigenvalue weighted by molar-refractivity contribution is -0.603. The maximum Gasteiger partial charge on any atom is 0.216 e. The number of nitrogens with zero attached hydrogens (tertiary/aromatic N) is 3. The Labute approximate surface area is 153 Å². The minimum atomic E-state index is -2.17. The van der Waals surface area contributed by atoms with E-state index in [9.17, 15) is 0 Å². The SMILES string of the molecule is [2H]C([2H])([2H])N1C=CN(c2c(C)c(-[n+]3ccccc3C)cc3ccccc23)[C@@H]1C. The van der Waals surface area contributed by atoms with Gasteiger partial charge in [-0.3, -0.25) is 0 Å². The molecule has 0 saturated carbocycles. The van der Waals surface area contributed by atoms with E-state index in [2.05, 4.69) is 53.8 Å². The Morgan fingerprint density at radius 2 is 1.84 bits per heavy atom. The molecule has 2 aromatic carbocycles. The molecule has 3 heteroatoms. The van der Waals surface area contributed by atoms with Crippen LogP contribution in [0.4, 0.5) is 5.69 Å². The summed E-state index contributed by atoms with van der Waals surface area (Å²) in [7, 11) is 0. The second kappa shape index (κ2) is 5.92. The van der Waals surface area contributed by atoms with Gasteiger partial charge >= 0.3 is 0 Å². The molecule has 25 heavy (non-hydrogen) atoms. The number of anilines is 1. The summed E-state index contributed by atoms with van der Waals surface area (Å²) in [6, 6.07) is 16.6. The molecule has 0 radical (unpaired) electrons. The van der Waals surface area contributed by atoms with E-state index in [1.165, 1.54) is 4.90 Å². The first-order chi connectivity index (χ1) is 13.3. The van der Waals surface area contributed by atoms with Crippen molar-refractivity contribution in [3.63, 3.8) is 0 Å². The Balaban J connectivity index is 1.95. The normalized spacial score (nSPS) is 19.2. The molecule has 126 valence electrons. The number of pyridine rings is 1. The van der Waals surface area contributed by atoms with Crippen molar-refractivity contribution >= 4 is 16.5 Å². The summed E-state index contributed by atoms with van der Waals surface area (Å²) in [5, 5.41) is 2.24. The zero-order valence-electron chi connectivity index (χ0n) is 17.8. The van der Waals surface area contributed by atoms with Crippen LogP contribution in [0.5, 0.6) is 0 Å². The van der Waals surface area contributed by atoms with E-state index >= 15 is 0 Å². The lowest BCUT2D eigenvalue weighted by Crippen LogP contribution is -2.37. The predicted octanol–water partition coefficient (Wildman–Crippen LogP) is 4.30. The third kappa shape index (κ3) is 2.47. The topological polar surface area (TPSA) is 10.4 Å². The van der Waals surface area contributed by atoms with Crippen molar-refractivity contribution in [2.75, 3.05) is 11.9 Å². The van der Waals surface area contributed by atoms with Gasteiger partial charge in [-0.15, -0.1) is 0 Å². The van der Waals surface area contributed by atoms with Gasteiger partial charge in [0.05, 0.1) is 5.69 Å². The van der Waals surface area contributed by atoms with Crippen LogP contribution >= 0.6 is 0 Å². The number of aryl methyl sites for hydroxylation is 1. The Bertz CT molecular complexity index is 1070. The monoisotopic (exact) mass is 333 g/mol. The van der Waals surface area contributed by atoms with Crippen LogP contribution in [0.1, 0.15) is 22.3 Å². The first-order valence-electron chi connectivity index (χ1n) is 10.0. The van der Waals surface area contributed by atoms with Gasteiger partial charge in [-0.25, -0.2) is 0 Å². The molecule has 0 unspecified atom stereocenters. The smallest absolute Gasteiger partial charge is 0.216 e. The molecule has 0 amide bonds. The number of hydrogen-bond acceptors (Lipinski definition) is 2. The lowest BCUT2D eigenvalue weighted by Gasteiger charge is -2.29. The largest absolute Gasteiger partial charge is 0.359 e. The van der Waals surface area contributed by atoms with Crippen molar-refractivity contribution in [1.82, 2.24) is 4.90 Å². The van der Waals surface area contributed by atoms with Gasteiger partial charge in [-0.2, -0.15) is 4.57 Å². The first-order valence-corrected chi connectivity index (χ1v) is 8.54. The lowest BCUT2D eigenvalue weighted by atomic mass is 10.0. The van der Waals surface area contributed by atoms with Gasteiger partial charge in [-0.05, 0) is 19.2 Å². The summed E-state index contributed by atoms with van der Waals surface area (Å²) in [6.45, 7) is 3.95. The van der Waals surface area contributed by atoms with E-state index in [4.69, 9.17) is 4.11 Å². The van der Waals surface area contributed by atoms with Gasteiger partial charge in [0, 0.05) is 59.6 Å². The van der Waals surface area contributed by atoms with Gasteiger partial charge < -0.3 is 9.80 Å². The van der Waals surface area contributed by atoms with Gasteiger partial charge in [0.15, 0.2) is 11.9 Å². The minimum absolute atomic E-state index is 0.299. The van der Waals surface area contributed by atoms with Gasteiger partial charge in [0.25, 0.3) is 0 Å². The van der Waals surface area contributed by atoms with Crippen LogP contribution < -0.4 is 9.47 Å². The fourth-order valence-electron chi connectivity index (χ4n) is 3.59. The molecule has 0 N–H and O–H groups in total. The summed E-state index contributed by atoms with van der Waals surface area (Å²) >= 11 is 0. The molecule has 0 fully saturated rings. The van der Waals surface area contributed by atoms with E-state index in [0.717, 1.165) is 33.4 Å². The highest BCUT2D eigenvalue weighted by Gasteiger charge is 2.27. The Kier molecular flexibility index (Phi) is 2.97. The van der Waals surface area contributed by atoms with E-state index in [-0.39, 0.29) is 6.17 Å². The molecule has 0 saturated heterocycles. The predicted molar refractivity (Wildman–Crippen MR) is 104 cm³/mol. The standard InChI is InChI=1S/C22H24N3/c1-16-9-7-8-12-24(16)21-15-19-10-5-6-11-20(19)22(17(21)2)25-14-13-23(4)18(25)3/h5-15,18H,1-4H3/q+1/t18-/m1/s1/i4D3. The van der Waals surface area contributed by atoms with Crippen molar-refractivity contribution < 1.29 is 8.68 Å². The molecule has 1 aromatic heterocycles. The summed E-state index contributed by atoms with van der Waals surface area (Å²) in [5.41, 5.74) is 4.39. The number of aromatic nitrogens is 1. The molecule has 0 spiro atoms. The van der Waals surface area contributed by atoms with E-state index < -0.39 is 6.98 Å². The van der Waals surface area contributed by atoms with Crippen LogP contribution in [0, 0.1) is 13.8 Å². The van der Waals surface area contributed by atoms with Crippen LogP contribution in [0.25, 0.3) is 16.5 Å². The molecule has 0 aliphatic carbocycles. The molecular weight excluding hydrogens is 306 g/mol. The van der Waals surface area contributed by atoms with Crippen molar-refractivity contribution in [3.8, 4) is 5.69 Å². The van der Waals surface area contributed by atoms with Crippen molar-refractivity contribution in [2.45, 2.75) is 26.9 Å². The Morgan fingerprint density at radius 1 is 1.04 bits per heavy atom. The molecule has 3 nitrogen and oxygen atoms in total. The maximum absolute atomic E-state index is 7.81. The Hall–Kier alpha value is -2.81. The second-order valence-corrected chi connectivity index (χ2v) is 6.55. The second-order valence-electron chi connectivity index (χ2n) is 6.55. The van der Waals surface area contributed by atoms with Crippen LogP contribution in [0.2, 0.25) is 0 Å². The minimum Gasteiger partial charge on any atom is -0.359 e. The fraction of sp³-hybridized carbons (Fsp3) is 0.227. The first kappa shape index (κ1) is 12.5. The van der Waals surface area contributed by atoms with Crippen LogP contribution in [0.3, 0.4) is 0 Å². The molecule has 4 rings (SSSR count). The van der Waals surface area contributed by atoms with Crippen LogP contribution in [-0.4, -0.2) is 18.0 Å². The molecule has 0 bridgehead atoms. The molecule has 2 heterocycles. The molecule has 3 aromatic rings. The van der Waals surface area contributed by atoms with E-state index in [1.807, 2.05) is 37.4 Å². The van der Waals surface area contributed by atoms with Crippen molar-refractivity contribution in [3.05, 3.63) is 78.4 Å². The average Bonchev–Trinajstić information content (AvgIpc) is 3.03. The number of benzene rings is 2. The summed E-state index contributed by atoms with van der Waals surface area (Å²) in [6.07, 6.45) is 5.30. The zero-order valence-corrected chi connectivity index (χ0v) is 14.8.